The first-order valence-electron chi connectivity index (χ1n) is 11.1. The average Bonchev–Trinajstić information content (AvgIpc) is 3.40. The summed E-state index contributed by atoms with van der Waals surface area (Å²) in [5, 5.41) is 11.5. The Balaban J connectivity index is 1.60. The van der Waals surface area contributed by atoms with Crippen molar-refractivity contribution < 1.29 is 8.42 Å². The van der Waals surface area contributed by atoms with E-state index in [9.17, 15) is 13.7 Å². The van der Waals surface area contributed by atoms with Crippen molar-refractivity contribution in [1.29, 1.82) is 5.26 Å². The van der Waals surface area contributed by atoms with Crippen molar-refractivity contribution in [3.05, 3.63) is 47.1 Å². The maximum atomic E-state index is 12.8. The minimum absolute atomic E-state index is 0.0838. The normalized spacial score (nSPS) is 18.2. The van der Waals surface area contributed by atoms with Gasteiger partial charge in [0.15, 0.2) is 0 Å². The van der Waals surface area contributed by atoms with Crippen LogP contribution in [0.2, 0.25) is 5.02 Å². The lowest BCUT2D eigenvalue weighted by Crippen LogP contribution is -2.34. The highest BCUT2D eigenvalue weighted by Gasteiger charge is 2.32. The number of hydrogen-bond acceptors (Lipinski definition) is 4. The van der Waals surface area contributed by atoms with E-state index in [4.69, 9.17) is 11.6 Å². The molecule has 0 unspecified atom stereocenters. The number of rotatable bonds is 6. The molecule has 2 aromatic heterocycles. The highest BCUT2D eigenvalue weighted by molar-refractivity contribution is 7.89. The van der Waals surface area contributed by atoms with Gasteiger partial charge in [0, 0.05) is 28.7 Å². The molecule has 2 aliphatic carbocycles. The van der Waals surface area contributed by atoms with E-state index in [2.05, 4.69) is 20.3 Å². The Morgan fingerprint density at radius 3 is 2.56 bits per heavy atom. The van der Waals surface area contributed by atoms with Gasteiger partial charge in [0.25, 0.3) is 0 Å². The first-order valence-corrected chi connectivity index (χ1v) is 13.0. The van der Waals surface area contributed by atoms with Gasteiger partial charge in [-0.2, -0.15) is 5.26 Å². The van der Waals surface area contributed by atoms with Gasteiger partial charge in [-0.3, -0.25) is 4.98 Å². The van der Waals surface area contributed by atoms with Crippen LogP contribution >= 0.6 is 11.6 Å². The van der Waals surface area contributed by atoms with Gasteiger partial charge in [-0.25, -0.2) is 13.1 Å². The second-order valence-corrected chi connectivity index (χ2v) is 11.1. The molecule has 2 heterocycles. The molecule has 0 radical (unpaired) electrons. The van der Waals surface area contributed by atoms with Crippen LogP contribution in [-0.4, -0.2) is 24.0 Å². The Morgan fingerprint density at radius 1 is 1.19 bits per heavy atom. The Morgan fingerprint density at radius 2 is 1.94 bits per heavy atom. The molecule has 2 aliphatic rings. The fourth-order valence-corrected chi connectivity index (χ4v) is 6.30. The zero-order valence-corrected chi connectivity index (χ0v) is 19.5. The molecule has 2 saturated carbocycles. The molecule has 0 saturated heterocycles. The van der Waals surface area contributed by atoms with Gasteiger partial charge in [0.05, 0.1) is 22.5 Å². The molecular formula is C24H25ClN4O2S. The lowest BCUT2D eigenvalue weighted by Gasteiger charge is -2.18. The van der Waals surface area contributed by atoms with Gasteiger partial charge >= 0.3 is 0 Å². The van der Waals surface area contributed by atoms with Gasteiger partial charge in [0.1, 0.15) is 11.0 Å². The van der Waals surface area contributed by atoms with E-state index in [1.165, 1.54) is 6.20 Å². The highest BCUT2D eigenvalue weighted by Crippen LogP contribution is 2.41. The van der Waals surface area contributed by atoms with Crippen molar-refractivity contribution in [2.24, 2.45) is 5.92 Å². The van der Waals surface area contributed by atoms with Crippen molar-refractivity contribution in [3.8, 4) is 17.5 Å². The van der Waals surface area contributed by atoms with Crippen LogP contribution in [0, 0.1) is 17.2 Å². The van der Waals surface area contributed by atoms with Gasteiger partial charge < -0.3 is 4.57 Å². The van der Waals surface area contributed by atoms with Crippen LogP contribution in [0.15, 0.2) is 41.4 Å². The third kappa shape index (κ3) is 3.81. The van der Waals surface area contributed by atoms with Crippen LogP contribution in [0.4, 0.5) is 0 Å². The third-order valence-electron chi connectivity index (χ3n) is 6.73. The quantitative estimate of drug-likeness (QED) is 0.523. The molecule has 0 amide bonds. The van der Waals surface area contributed by atoms with E-state index >= 15 is 0 Å². The zero-order chi connectivity index (χ0) is 22.5. The standard InChI is InChI=1S/C24H25ClN4O2S/c1-15(16-6-7-16)28-32(30,31)19-9-11-22(27-14-19)24-21(13-26)20-10-8-17(25)12-23(20)29(24)18-4-2-3-5-18/h8-12,14-16,18,28H,2-7H2,1H3/t15-/m0/s1. The fraction of sp³-hybridized carbons (Fsp3) is 0.417. The highest BCUT2D eigenvalue weighted by atomic mass is 35.5. The van der Waals surface area contributed by atoms with Crippen LogP contribution in [0.25, 0.3) is 22.3 Å². The molecule has 32 heavy (non-hydrogen) atoms. The van der Waals surface area contributed by atoms with Crippen molar-refractivity contribution in [1.82, 2.24) is 14.3 Å². The molecule has 166 valence electrons. The fourth-order valence-electron chi connectivity index (χ4n) is 4.87. The number of halogens is 1. The SMILES string of the molecule is C[C@H](NS(=O)(=O)c1ccc(-c2c(C#N)c3ccc(Cl)cc3n2C2CCCC2)nc1)C1CC1. The molecule has 0 bridgehead atoms. The summed E-state index contributed by atoms with van der Waals surface area (Å²) in [6.45, 7) is 1.90. The lowest BCUT2D eigenvalue weighted by molar-refractivity contribution is 0.537. The number of aromatic nitrogens is 2. The number of hydrogen-bond donors (Lipinski definition) is 1. The van der Waals surface area contributed by atoms with Crippen LogP contribution in [0.5, 0.6) is 0 Å². The number of fused-ring (bicyclic) bond motifs is 1. The summed E-state index contributed by atoms with van der Waals surface area (Å²) < 4.78 is 30.5. The smallest absolute Gasteiger partial charge is 0.242 e. The summed E-state index contributed by atoms with van der Waals surface area (Å²) in [6.07, 6.45) is 7.86. The minimum Gasteiger partial charge on any atom is -0.335 e. The average molecular weight is 469 g/mol. The van der Waals surface area contributed by atoms with E-state index in [-0.39, 0.29) is 17.0 Å². The molecule has 3 aromatic rings. The number of nitriles is 1. The van der Waals surface area contributed by atoms with Gasteiger partial charge in [0.2, 0.25) is 10.0 Å². The van der Waals surface area contributed by atoms with Crippen molar-refractivity contribution in [3.63, 3.8) is 0 Å². The monoisotopic (exact) mass is 468 g/mol. The first kappa shape index (κ1) is 21.4. The van der Waals surface area contributed by atoms with Crippen molar-refractivity contribution >= 4 is 32.5 Å². The number of nitrogens with one attached hydrogen (secondary N) is 1. The van der Waals surface area contributed by atoms with Crippen LogP contribution < -0.4 is 4.72 Å². The summed E-state index contributed by atoms with van der Waals surface area (Å²) in [5.74, 6) is 0.420. The molecule has 2 fully saturated rings. The second kappa shape index (κ2) is 8.18. The summed E-state index contributed by atoms with van der Waals surface area (Å²) in [6, 6.07) is 11.4. The molecule has 0 aliphatic heterocycles. The summed E-state index contributed by atoms with van der Waals surface area (Å²) in [4.78, 5) is 4.66. The van der Waals surface area contributed by atoms with E-state index in [1.807, 2.05) is 19.1 Å². The van der Waals surface area contributed by atoms with Gasteiger partial charge in [-0.15, -0.1) is 0 Å². The third-order valence-corrected chi connectivity index (χ3v) is 8.51. The van der Waals surface area contributed by atoms with Crippen molar-refractivity contribution in [2.75, 3.05) is 0 Å². The van der Waals surface area contributed by atoms with E-state index < -0.39 is 10.0 Å². The van der Waals surface area contributed by atoms with E-state index in [0.717, 1.165) is 55.1 Å². The number of pyridine rings is 1. The first-order chi connectivity index (χ1) is 15.4. The largest absolute Gasteiger partial charge is 0.335 e. The topological polar surface area (TPSA) is 87.8 Å². The van der Waals surface area contributed by atoms with Gasteiger partial charge in [-0.05, 0) is 68.9 Å². The van der Waals surface area contributed by atoms with Crippen molar-refractivity contribution in [2.45, 2.75) is 62.4 Å². The molecule has 1 N–H and O–H groups in total. The predicted octanol–water partition coefficient (Wildman–Crippen LogP) is 5.42. The number of sulfonamides is 1. The molecule has 6 nitrogen and oxygen atoms in total. The molecule has 1 atom stereocenters. The zero-order valence-electron chi connectivity index (χ0n) is 17.9. The van der Waals surface area contributed by atoms with E-state index in [1.54, 1.807) is 18.2 Å². The second-order valence-electron chi connectivity index (χ2n) is 8.93. The number of nitrogens with zero attached hydrogens (tertiary/aromatic N) is 3. The Bertz CT molecular complexity index is 1310. The Labute approximate surface area is 193 Å². The van der Waals surface area contributed by atoms with Crippen LogP contribution in [0.1, 0.15) is 57.1 Å². The summed E-state index contributed by atoms with van der Waals surface area (Å²) >= 11 is 6.30. The molecule has 0 spiro atoms. The maximum absolute atomic E-state index is 12.8. The summed E-state index contributed by atoms with van der Waals surface area (Å²) in [5.41, 5.74) is 2.80. The minimum atomic E-state index is -3.64. The molecule has 1 aromatic carbocycles. The van der Waals surface area contributed by atoms with Crippen LogP contribution in [0.3, 0.4) is 0 Å². The van der Waals surface area contributed by atoms with Crippen LogP contribution in [-0.2, 0) is 10.0 Å². The summed E-state index contributed by atoms with van der Waals surface area (Å²) in [7, 11) is -3.64. The van der Waals surface area contributed by atoms with E-state index in [0.29, 0.717) is 22.2 Å². The molecule has 5 rings (SSSR count). The maximum Gasteiger partial charge on any atom is 0.242 e. The Hall–Kier alpha value is -2.40. The Kier molecular flexibility index (Phi) is 5.48. The molecular weight excluding hydrogens is 444 g/mol. The lowest BCUT2D eigenvalue weighted by atomic mass is 10.1. The number of benzene rings is 1. The van der Waals surface area contributed by atoms with Gasteiger partial charge in [-0.1, -0.05) is 24.4 Å². The predicted molar refractivity (Wildman–Crippen MR) is 125 cm³/mol. The molecule has 8 heteroatoms.